The molecule has 0 aromatic carbocycles. The molecule has 31 heavy (non-hydrogen) atoms. The highest BCUT2D eigenvalue weighted by molar-refractivity contribution is 6.30. The number of hydrogen-bond donors (Lipinski definition) is 1. The highest BCUT2D eigenvalue weighted by atomic mass is 35.5. The van der Waals surface area contributed by atoms with E-state index in [-0.39, 0.29) is 29.5 Å². The van der Waals surface area contributed by atoms with Crippen molar-refractivity contribution < 1.29 is 18.3 Å². The lowest BCUT2D eigenvalue weighted by atomic mass is 10.1. The predicted octanol–water partition coefficient (Wildman–Crippen LogP) is 3.14. The first kappa shape index (κ1) is 21.3. The second-order valence-electron chi connectivity index (χ2n) is 6.81. The number of aromatic nitrogens is 4. The van der Waals surface area contributed by atoms with Crippen LogP contribution in [0.4, 0.5) is 10.4 Å². The molecule has 0 radical (unpaired) electrons. The molecule has 162 valence electrons. The van der Waals surface area contributed by atoms with Gasteiger partial charge in [0, 0.05) is 31.4 Å². The van der Waals surface area contributed by atoms with E-state index >= 15 is 0 Å². The molecule has 1 aliphatic heterocycles. The number of hydrogen-bond acceptors (Lipinski definition) is 8. The Morgan fingerprint density at radius 3 is 2.74 bits per heavy atom. The van der Waals surface area contributed by atoms with Gasteiger partial charge in [-0.1, -0.05) is 28.3 Å². The van der Waals surface area contributed by atoms with E-state index in [1.807, 2.05) is 4.90 Å². The number of pyridine rings is 2. The van der Waals surface area contributed by atoms with Gasteiger partial charge < -0.3 is 19.4 Å². The Bertz CT molecular complexity index is 1060. The van der Waals surface area contributed by atoms with Gasteiger partial charge in [-0.25, -0.2) is 14.4 Å². The van der Waals surface area contributed by atoms with Crippen LogP contribution in [-0.4, -0.2) is 51.8 Å². The molecule has 4 heterocycles. The third-order valence-corrected chi connectivity index (χ3v) is 5.13. The number of amides is 1. The zero-order valence-corrected chi connectivity index (χ0v) is 17.6. The van der Waals surface area contributed by atoms with Gasteiger partial charge in [-0.2, -0.15) is 0 Å². The lowest BCUT2D eigenvalue weighted by Gasteiger charge is -2.30. The molecule has 0 aliphatic carbocycles. The number of carbonyl (C=O) groups is 1. The first-order valence-electron chi connectivity index (χ1n) is 9.41. The Labute approximate surface area is 186 Å². The third kappa shape index (κ3) is 5.39. The number of anilines is 1. The summed E-state index contributed by atoms with van der Waals surface area (Å²) in [5.41, 5.74) is 0.543. The first-order chi connectivity index (χ1) is 15.0. The molecule has 1 amide bonds. The SMILES string of the molecule is O=C(COc1cnc(Cl)c(F)c1)NC1CCN(c2nnc(-c3ccc(Cl)cn3)o2)CC1. The highest BCUT2D eigenvalue weighted by Crippen LogP contribution is 2.24. The number of halogens is 3. The lowest BCUT2D eigenvalue weighted by Crippen LogP contribution is -2.46. The molecule has 1 N–H and O–H groups in total. The molecule has 0 unspecified atom stereocenters. The summed E-state index contributed by atoms with van der Waals surface area (Å²) in [6, 6.07) is 4.87. The van der Waals surface area contributed by atoms with Crippen LogP contribution in [0, 0.1) is 5.82 Å². The normalized spacial score (nSPS) is 14.5. The standard InChI is InChI=1S/C19H17Cl2FN6O3/c20-11-1-2-15(23-8-11)18-26-27-19(31-18)28-5-3-12(4-6-28)25-16(29)10-30-13-7-14(22)17(21)24-9-13/h1-2,7-9,12H,3-6,10H2,(H,25,29). The summed E-state index contributed by atoms with van der Waals surface area (Å²) in [5, 5.41) is 11.3. The van der Waals surface area contributed by atoms with E-state index in [2.05, 4.69) is 25.5 Å². The van der Waals surface area contributed by atoms with Crippen molar-refractivity contribution in [3.05, 3.63) is 46.6 Å². The number of rotatable bonds is 6. The average Bonchev–Trinajstić information content (AvgIpc) is 3.26. The summed E-state index contributed by atoms with van der Waals surface area (Å²) in [6.07, 6.45) is 4.16. The van der Waals surface area contributed by atoms with Gasteiger partial charge in [0.2, 0.25) is 0 Å². The van der Waals surface area contributed by atoms with Crippen molar-refractivity contribution in [3.63, 3.8) is 0 Å². The number of carbonyl (C=O) groups excluding carboxylic acids is 1. The maximum Gasteiger partial charge on any atom is 0.318 e. The molecular weight excluding hydrogens is 450 g/mol. The van der Waals surface area contributed by atoms with Gasteiger partial charge in [0.15, 0.2) is 17.6 Å². The molecule has 0 atom stereocenters. The smallest absolute Gasteiger partial charge is 0.318 e. The van der Waals surface area contributed by atoms with Crippen LogP contribution < -0.4 is 15.0 Å². The van der Waals surface area contributed by atoms with Gasteiger partial charge in [0.05, 0.1) is 11.2 Å². The zero-order chi connectivity index (χ0) is 21.8. The van der Waals surface area contributed by atoms with E-state index in [1.165, 1.54) is 12.4 Å². The minimum atomic E-state index is -0.706. The van der Waals surface area contributed by atoms with Crippen LogP contribution in [0.3, 0.4) is 0 Å². The Kier molecular flexibility index (Phi) is 6.47. The molecule has 1 aliphatic rings. The number of ether oxygens (including phenoxy) is 1. The van der Waals surface area contributed by atoms with E-state index in [9.17, 15) is 9.18 Å². The molecular formula is C19H17Cl2FN6O3. The van der Waals surface area contributed by atoms with Gasteiger partial charge in [-0.05, 0) is 25.0 Å². The van der Waals surface area contributed by atoms with E-state index in [4.69, 9.17) is 32.4 Å². The molecule has 9 nitrogen and oxygen atoms in total. The van der Waals surface area contributed by atoms with Crippen molar-refractivity contribution in [1.29, 1.82) is 0 Å². The number of piperidine rings is 1. The van der Waals surface area contributed by atoms with Crippen LogP contribution in [-0.2, 0) is 4.79 Å². The fourth-order valence-corrected chi connectivity index (χ4v) is 3.28. The molecule has 1 fully saturated rings. The Hall–Kier alpha value is -2.98. The molecule has 0 bridgehead atoms. The predicted molar refractivity (Wildman–Crippen MR) is 111 cm³/mol. The van der Waals surface area contributed by atoms with Gasteiger partial charge in [0.1, 0.15) is 11.4 Å². The minimum Gasteiger partial charge on any atom is -0.482 e. The molecule has 0 spiro atoms. The van der Waals surface area contributed by atoms with Crippen LogP contribution in [0.1, 0.15) is 12.8 Å². The van der Waals surface area contributed by atoms with Gasteiger partial charge in [0.25, 0.3) is 11.8 Å². The fraction of sp³-hybridized carbons (Fsp3) is 0.316. The lowest BCUT2D eigenvalue weighted by molar-refractivity contribution is -0.123. The Morgan fingerprint density at radius 1 is 1.23 bits per heavy atom. The monoisotopic (exact) mass is 466 g/mol. The van der Waals surface area contributed by atoms with Crippen molar-refractivity contribution >= 4 is 35.1 Å². The van der Waals surface area contributed by atoms with E-state index in [1.54, 1.807) is 12.1 Å². The average molecular weight is 467 g/mol. The number of nitrogens with zero attached hydrogens (tertiary/aromatic N) is 5. The third-order valence-electron chi connectivity index (χ3n) is 4.63. The van der Waals surface area contributed by atoms with Crippen molar-refractivity contribution in [2.45, 2.75) is 18.9 Å². The molecule has 12 heteroatoms. The van der Waals surface area contributed by atoms with Gasteiger partial charge in [-0.3, -0.25) is 4.79 Å². The minimum absolute atomic E-state index is 0.0206. The topological polar surface area (TPSA) is 106 Å². The van der Waals surface area contributed by atoms with Gasteiger partial charge in [-0.15, -0.1) is 5.10 Å². The van der Waals surface area contributed by atoms with E-state index < -0.39 is 5.82 Å². The zero-order valence-electron chi connectivity index (χ0n) is 16.1. The molecule has 3 aromatic heterocycles. The van der Waals surface area contributed by atoms with Crippen molar-refractivity contribution in [2.24, 2.45) is 0 Å². The molecule has 1 saturated heterocycles. The van der Waals surface area contributed by atoms with Crippen molar-refractivity contribution in [3.8, 4) is 17.3 Å². The van der Waals surface area contributed by atoms with Crippen molar-refractivity contribution in [1.82, 2.24) is 25.5 Å². The fourth-order valence-electron chi connectivity index (χ4n) is 3.07. The quantitative estimate of drug-likeness (QED) is 0.552. The first-order valence-corrected chi connectivity index (χ1v) is 10.2. The summed E-state index contributed by atoms with van der Waals surface area (Å²) in [6.45, 7) is 1.02. The van der Waals surface area contributed by atoms with Crippen LogP contribution in [0.25, 0.3) is 11.6 Å². The largest absolute Gasteiger partial charge is 0.482 e. The maximum atomic E-state index is 13.4. The molecule has 3 aromatic rings. The second kappa shape index (κ2) is 9.44. The summed E-state index contributed by atoms with van der Waals surface area (Å²) < 4.78 is 24.3. The van der Waals surface area contributed by atoms with Crippen LogP contribution in [0.15, 0.2) is 35.0 Å². The second-order valence-corrected chi connectivity index (χ2v) is 7.61. The van der Waals surface area contributed by atoms with Gasteiger partial charge >= 0.3 is 6.01 Å². The maximum absolute atomic E-state index is 13.4. The summed E-state index contributed by atoms with van der Waals surface area (Å²) >= 11 is 11.4. The van der Waals surface area contributed by atoms with Crippen LogP contribution >= 0.6 is 23.2 Å². The van der Waals surface area contributed by atoms with E-state index in [0.29, 0.717) is 48.6 Å². The van der Waals surface area contributed by atoms with Crippen LogP contribution in [0.2, 0.25) is 10.2 Å². The Balaban J connectivity index is 1.24. The van der Waals surface area contributed by atoms with Crippen LogP contribution in [0.5, 0.6) is 5.75 Å². The Morgan fingerprint density at radius 2 is 2.03 bits per heavy atom. The summed E-state index contributed by atoms with van der Waals surface area (Å²) in [7, 11) is 0. The molecule has 4 rings (SSSR count). The number of nitrogens with one attached hydrogen (secondary N) is 1. The summed E-state index contributed by atoms with van der Waals surface area (Å²) in [4.78, 5) is 21.9. The van der Waals surface area contributed by atoms with Crippen molar-refractivity contribution in [2.75, 3.05) is 24.6 Å². The molecule has 0 saturated carbocycles. The summed E-state index contributed by atoms with van der Waals surface area (Å²) in [5.74, 6) is -0.563. The highest BCUT2D eigenvalue weighted by Gasteiger charge is 2.24. The van der Waals surface area contributed by atoms with E-state index in [0.717, 1.165) is 6.07 Å².